The maximum absolute atomic E-state index is 12.6. The summed E-state index contributed by atoms with van der Waals surface area (Å²) in [6.45, 7) is 5.48. The van der Waals surface area contributed by atoms with Gasteiger partial charge < -0.3 is 20.3 Å². The summed E-state index contributed by atoms with van der Waals surface area (Å²) in [7, 11) is 0. The van der Waals surface area contributed by atoms with Gasteiger partial charge in [-0.15, -0.1) is 0 Å². The molecule has 0 fully saturated rings. The molecule has 1 aliphatic heterocycles. The lowest BCUT2D eigenvalue weighted by molar-refractivity contribution is -0.130. The van der Waals surface area contributed by atoms with E-state index in [-0.39, 0.29) is 25.0 Å². The van der Waals surface area contributed by atoms with E-state index in [1.54, 1.807) is 12.1 Å². The predicted octanol–water partition coefficient (Wildman–Crippen LogP) is 0.813. The lowest BCUT2D eigenvalue weighted by atomic mass is 10.0. The average molecular weight is 322 g/mol. The lowest BCUT2D eigenvalue weighted by Crippen LogP contribution is -2.51. The number of benzene rings is 1. The van der Waals surface area contributed by atoms with Gasteiger partial charge in [0, 0.05) is 0 Å². The number of anilines is 1. The number of aliphatic hydroxyl groups excluding tert-OH is 1. The van der Waals surface area contributed by atoms with E-state index in [1.165, 1.54) is 4.90 Å². The number of hydrogen-bond acceptors (Lipinski definition) is 5. The molecule has 0 aliphatic carbocycles. The second-order valence-corrected chi connectivity index (χ2v) is 5.71. The third-order valence-corrected chi connectivity index (χ3v) is 3.54. The highest BCUT2D eigenvalue weighted by Crippen LogP contribution is 2.43. The van der Waals surface area contributed by atoms with Crippen LogP contribution in [0.2, 0.25) is 0 Å². The first-order chi connectivity index (χ1) is 10.9. The highest BCUT2D eigenvalue weighted by molar-refractivity contribution is 6.04. The molecule has 3 N–H and O–H groups in total. The van der Waals surface area contributed by atoms with Gasteiger partial charge in [-0.25, -0.2) is 0 Å². The Balaban J connectivity index is 2.59. The van der Waals surface area contributed by atoms with Crippen molar-refractivity contribution >= 4 is 17.5 Å². The van der Waals surface area contributed by atoms with Crippen LogP contribution in [-0.4, -0.2) is 36.2 Å². The van der Waals surface area contributed by atoms with E-state index in [0.29, 0.717) is 29.4 Å². The minimum atomic E-state index is -0.721. The fourth-order valence-electron chi connectivity index (χ4n) is 2.51. The summed E-state index contributed by atoms with van der Waals surface area (Å²) < 4.78 is 11.4. The Hall–Kier alpha value is -2.28. The normalized spacial score (nSPS) is 17.0. The topological polar surface area (TPSA) is 102 Å². The highest BCUT2D eigenvalue weighted by Gasteiger charge is 2.38. The van der Waals surface area contributed by atoms with E-state index < -0.39 is 12.0 Å². The molecule has 0 radical (unpaired) electrons. The minimum Gasteiger partial charge on any atom is -0.490 e. The second-order valence-electron chi connectivity index (χ2n) is 5.71. The van der Waals surface area contributed by atoms with Crippen LogP contribution in [0.4, 0.5) is 5.69 Å². The van der Waals surface area contributed by atoms with Crippen LogP contribution >= 0.6 is 0 Å². The number of amides is 2. The Morgan fingerprint density at radius 3 is 2.70 bits per heavy atom. The number of ether oxygens (including phenoxy) is 2. The van der Waals surface area contributed by atoms with Crippen LogP contribution in [-0.2, 0) is 16.2 Å². The summed E-state index contributed by atoms with van der Waals surface area (Å²) in [6, 6.07) is 3.27. The van der Waals surface area contributed by atoms with Crippen LogP contribution in [0, 0.1) is 5.92 Å². The van der Waals surface area contributed by atoms with Gasteiger partial charge in [-0.2, -0.15) is 0 Å². The number of primary amides is 1. The zero-order chi connectivity index (χ0) is 17.1. The average Bonchev–Trinajstić information content (AvgIpc) is 2.49. The Kier molecular flexibility index (Phi) is 5.10. The SMILES string of the molecule is CCOc1cc(CO)cc2c1OC(C(C)C)C(=O)N2CC(N)=O. The summed E-state index contributed by atoms with van der Waals surface area (Å²) in [5.74, 6) is -0.215. The first-order valence-corrected chi connectivity index (χ1v) is 7.55. The zero-order valence-electron chi connectivity index (χ0n) is 13.5. The third-order valence-electron chi connectivity index (χ3n) is 3.54. The molecule has 23 heavy (non-hydrogen) atoms. The third kappa shape index (κ3) is 3.39. The van der Waals surface area contributed by atoms with Gasteiger partial charge in [-0.05, 0) is 30.5 Å². The van der Waals surface area contributed by atoms with Crippen molar-refractivity contribution in [3.8, 4) is 11.5 Å². The molecule has 0 aromatic heterocycles. The van der Waals surface area contributed by atoms with Crippen LogP contribution in [0.25, 0.3) is 0 Å². The summed E-state index contributed by atoms with van der Waals surface area (Å²) in [4.78, 5) is 25.3. The number of carbonyl (C=O) groups excluding carboxylic acids is 2. The van der Waals surface area contributed by atoms with Crippen molar-refractivity contribution < 1.29 is 24.2 Å². The van der Waals surface area contributed by atoms with Gasteiger partial charge in [0.05, 0.1) is 18.9 Å². The van der Waals surface area contributed by atoms with Gasteiger partial charge in [0.25, 0.3) is 5.91 Å². The van der Waals surface area contributed by atoms with E-state index in [4.69, 9.17) is 15.2 Å². The van der Waals surface area contributed by atoms with Crippen LogP contribution in [0.3, 0.4) is 0 Å². The zero-order valence-corrected chi connectivity index (χ0v) is 13.5. The van der Waals surface area contributed by atoms with Gasteiger partial charge in [0.15, 0.2) is 17.6 Å². The first-order valence-electron chi connectivity index (χ1n) is 7.55. The summed E-state index contributed by atoms with van der Waals surface area (Å²) in [5.41, 5.74) is 6.22. The Bertz CT molecular complexity index is 615. The number of carbonyl (C=O) groups is 2. The van der Waals surface area contributed by atoms with Crippen LogP contribution < -0.4 is 20.1 Å². The molecular weight excluding hydrogens is 300 g/mol. The molecule has 2 rings (SSSR count). The van der Waals surface area contributed by atoms with E-state index in [1.807, 2.05) is 20.8 Å². The monoisotopic (exact) mass is 322 g/mol. The number of nitrogens with zero attached hydrogens (tertiary/aromatic N) is 1. The van der Waals surface area contributed by atoms with Crippen molar-refractivity contribution in [3.63, 3.8) is 0 Å². The summed E-state index contributed by atoms with van der Waals surface area (Å²) in [6.07, 6.45) is -0.721. The van der Waals surface area contributed by atoms with E-state index in [9.17, 15) is 14.7 Å². The second kappa shape index (κ2) is 6.87. The Morgan fingerprint density at radius 1 is 1.48 bits per heavy atom. The van der Waals surface area contributed by atoms with Gasteiger partial charge in [-0.3, -0.25) is 14.5 Å². The summed E-state index contributed by atoms with van der Waals surface area (Å²) in [5, 5.41) is 9.41. The van der Waals surface area contributed by atoms with Crippen molar-refractivity contribution in [3.05, 3.63) is 17.7 Å². The standard InChI is InChI=1S/C16H22N2O5/c1-4-22-12-6-10(8-19)5-11-15(12)23-14(9(2)3)16(21)18(11)7-13(17)20/h5-6,9,14,19H,4,7-8H2,1-3H3,(H2,17,20). The molecule has 0 spiro atoms. The van der Waals surface area contributed by atoms with Crippen LogP contribution in [0.1, 0.15) is 26.3 Å². The smallest absolute Gasteiger partial charge is 0.268 e. The molecule has 0 saturated heterocycles. The molecule has 0 bridgehead atoms. The lowest BCUT2D eigenvalue weighted by Gasteiger charge is -2.36. The molecule has 7 nitrogen and oxygen atoms in total. The Labute approximate surface area is 135 Å². The molecule has 2 amide bonds. The minimum absolute atomic E-state index is 0.0852. The molecule has 126 valence electrons. The van der Waals surface area contributed by atoms with Crippen molar-refractivity contribution in [2.24, 2.45) is 11.7 Å². The number of rotatable bonds is 6. The number of fused-ring (bicyclic) bond motifs is 1. The van der Waals surface area contributed by atoms with Crippen molar-refractivity contribution in [2.45, 2.75) is 33.5 Å². The fraction of sp³-hybridized carbons (Fsp3) is 0.500. The van der Waals surface area contributed by atoms with Crippen molar-refractivity contribution in [1.82, 2.24) is 0 Å². The molecule has 1 aromatic carbocycles. The molecule has 1 aliphatic rings. The van der Waals surface area contributed by atoms with E-state index >= 15 is 0 Å². The quantitative estimate of drug-likeness (QED) is 0.807. The van der Waals surface area contributed by atoms with Gasteiger partial charge in [-0.1, -0.05) is 13.8 Å². The Morgan fingerprint density at radius 2 is 2.17 bits per heavy atom. The predicted molar refractivity (Wildman–Crippen MR) is 84.3 cm³/mol. The number of hydrogen-bond donors (Lipinski definition) is 2. The van der Waals surface area contributed by atoms with Crippen LogP contribution in [0.15, 0.2) is 12.1 Å². The van der Waals surface area contributed by atoms with E-state index in [0.717, 1.165) is 0 Å². The molecule has 1 heterocycles. The summed E-state index contributed by atoms with van der Waals surface area (Å²) >= 11 is 0. The molecule has 1 atom stereocenters. The van der Waals surface area contributed by atoms with Gasteiger partial charge in [0.2, 0.25) is 5.91 Å². The van der Waals surface area contributed by atoms with E-state index in [2.05, 4.69) is 0 Å². The fourth-order valence-corrected chi connectivity index (χ4v) is 2.51. The van der Waals surface area contributed by atoms with Crippen molar-refractivity contribution in [2.75, 3.05) is 18.1 Å². The first kappa shape index (κ1) is 17.1. The molecule has 1 aromatic rings. The van der Waals surface area contributed by atoms with Gasteiger partial charge in [0.1, 0.15) is 6.54 Å². The number of aliphatic hydroxyl groups is 1. The molecule has 7 heteroatoms. The number of nitrogens with two attached hydrogens (primary N) is 1. The molecule has 1 unspecified atom stereocenters. The van der Waals surface area contributed by atoms with Gasteiger partial charge >= 0.3 is 0 Å². The molecular formula is C16H22N2O5. The highest BCUT2D eigenvalue weighted by atomic mass is 16.5. The maximum atomic E-state index is 12.6. The maximum Gasteiger partial charge on any atom is 0.268 e. The van der Waals surface area contributed by atoms with Crippen LogP contribution in [0.5, 0.6) is 11.5 Å². The molecule has 0 saturated carbocycles. The largest absolute Gasteiger partial charge is 0.490 e. The van der Waals surface area contributed by atoms with Crippen molar-refractivity contribution in [1.29, 1.82) is 0 Å².